The average Bonchev–Trinajstić information content (AvgIpc) is 2.34. The second-order valence-electron chi connectivity index (χ2n) is 5.29. The summed E-state index contributed by atoms with van der Waals surface area (Å²) in [5, 5.41) is 11.5. The largest absolute Gasteiger partial charge is 0.480 e. The number of aliphatic carboxylic acids is 1. The Labute approximate surface area is 109 Å². The van der Waals surface area contributed by atoms with E-state index in [2.05, 4.69) is 12.2 Å². The van der Waals surface area contributed by atoms with Crippen molar-refractivity contribution in [3.05, 3.63) is 0 Å². The summed E-state index contributed by atoms with van der Waals surface area (Å²) in [4.78, 5) is 24.5. The first-order valence-electron chi connectivity index (χ1n) is 6.71. The Morgan fingerprint density at radius 3 is 2.61 bits per heavy atom. The number of nitrogens with zero attached hydrogens (tertiary/aromatic N) is 1. The summed E-state index contributed by atoms with van der Waals surface area (Å²) in [6.07, 6.45) is 4.78. The van der Waals surface area contributed by atoms with Gasteiger partial charge in [0, 0.05) is 13.1 Å². The van der Waals surface area contributed by atoms with Crippen molar-refractivity contribution in [2.75, 3.05) is 7.05 Å². The van der Waals surface area contributed by atoms with Crippen LogP contribution in [0, 0.1) is 5.92 Å². The molecule has 0 radical (unpaired) electrons. The highest BCUT2D eigenvalue weighted by molar-refractivity contribution is 5.82. The van der Waals surface area contributed by atoms with Crippen molar-refractivity contribution < 1.29 is 14.7 Å². The molecule has 0 bridgehead atoms. The lowest BCUT2D eigenvalue weighted by Crippen LogP contribution is -2.50. The van der Waals surface area contributed by atoms with Crippen LogP contribution >= 0.6 is 0 Å². The van der Waals surface area contributed by atoms with Crippen LogP contribution in [0.5, 0.6) is 0 Å². The van der Waals surface area contributed by atoms with Crippen molar-refractivity contribution >= 4 is 12.0 Å². The molecule has 1 fully saturated rings. The third kappa shape index (κ3) is 3.89. The average molecular weight is 256 g/mol. The summed E-state index contributed by atoms with van der Waals surface area (Å²) in [5.41, 5.74) is 0. The molecule has 0 aromatic heterocycles. The van der Waals surface area contributed by atoms with Gasteiger partial charge >= 0.3 is 12.0 Å². The monoisotopic (exact) mass is 256 g/mol. The van der Waals surface area contributed by atoms with Gasteiger partial charge in [-0.1, -0.05) is 26.7 Å². The summed E-state index contributed by atoms with van der Waals surface area (Å²) in [6.45, 7) is 3.95. The highest BCUT2D eigenvalue weighted by Gasteiger charge is 2.27. The van der Waals surface area contributed by atoms with Crippen LogP contribution in [0.4, 0.5) is 4.79 Å². The molecule has 0 aromatic rings. The van der Waals surface area contributed by atoms with Gasteiger partial charge in [0.1, 0.15) is 6.04 Å². The van der Waals surface area contributed by atoms with Crippen LogP contribution in [0.1, 0.15) is 46.0 Å². The van der Waals surface area contributed by atoms with Gasteiger partial charge in [-0.15, -0.1) is 0 Å². The van der Waals surface area contributed by atoms with Crippen LogP contribution in [-0.2, 0) is 4.79 Å². The number of hydrogen-bond donors (Lipinski definition) is 2. The lowest BCUT2D eigenvalue weighted by atomic mass is 9.86. The minimum atomic E-state index is -0.976. The summed E-state index contributed by atoms with van der Waals surface area (Å²) >= 11 is 0. The van der Waals surface area contributed by atoms with Crippen molar-refractivity contribution in [2.24, 2.45) is 5.92 Å². The molecule has 1 aliphatic rings. The van der Waals surface area contributed by atoms with Crippen LogP contribution in [0.15, 0.2) is 0 Å². The molecule has 1 saturated carbocycles. The maximum atomic E-state index is 12.0. The molecule has 5 heteroatoms. The van der Waals surface area contributed by atoms with Crippen LogP contribution in [0.2, 0.25) is 0 Å². The van der Waals surface area contributed by atoms with Crippen LogP contribution < -0.4 is 5.32 Å². The van der Waals surface area contributed by atoms with Gasteiger partial charge in [-0.25, -0.2) is 9.59 Å². The van der Waals surface area contributed by atoms with E-state index in [1.807, 2.05) is 0 Å². The third-order valence-corrected chi connectivity index (χ3v) is 3.78. The number of amides is 2. The Kier molecular flexibility index (Phi) is 5.44. The van der Waals surface area contributed by atoms with Crippen LogP contribution in [0.25, 0.3) is 0 Å². The van der Waals surface area contributed by atoms with Gasteiger partial charge in [-0.2, -0.15) is 0 Å². The van der Waals surface area contributed by atoms with Crippen molar-refractivity contribution in [3.63, 3.8) is 0 Å². The molecule has 18 heavy (non-hydrogen) atoms. The van der Waals surface area contributed by atoms with Gasteiger partial charge in [0.05, 0.1) is 0 Å². The minimum Gasteiger partial charge on any atom is -0.480 e. The second kappa shape index (κ2) is 6.61. The standard InChI is InChI=1S/C13H24N2O3/c1-4-11(12(16)17)14-13(18)15(3)10-7-5-6-9(2)8-10/h9-11H,4-8H2,1-3H3,(H,14,18)(H,16,17)/t9?,10?,11-/m0/s1. The van der Waals surface area contributed by atoms with Crippen molar-refractivity contribution in [1.82, 2.24) is 10.2 Å². The van der Waals surface area contributed by atoms with Crippen LogP contribution in [-0.4, -0.2) is 41.1 Å². The molecule has 0 aromatic carbocycles. The van der Waals surface area contributed by atoms with Crippen molar-refractivity contribution in [1.29, 1.82) is 0 Å². The Bertz CT molecular complexity index is 307. The van der Waals surface area contributed by atoms with E-state index in [0.29, 0.717) is 12.3 Å². The zero-order valence-electron chi connectivity index (χ0n) is 11.5. The molecule has 0 heterocycles. The lowest BCUT2D eigenvalue weighted by Gasteiger charge is -2.34. The molecule has 5 nitrogen and oxygen atoms in total. The van der Waals surface area contributed by atoms with Crippen molar-refractivity contribution in [3.8, 4) is 0 Å². The summed E-state index contributed by atoms with van der Waals surface area (Å²) in [5.74, 6) is -0.336. The predicted octanol–water partition coefficient (Wildman–Crippen LogP) is 2.07. The third-order valence-electron chi connectivity index (χ3n) is 3.78. The molecule has 2 unspecified atom stereocenters. The molecule has 1 rings (SSSR count). The molecular formula is C13H24N2O3. The Hall–Kier alpha value is -1.26. The SMILES string of the molecule is CC[C@H](NC(=O)N(C)C1CCCC(C)C1)C(=O)O. The highest BCUT2D eigenvalue weighted by atomic mass is 16.4. The fourth-order valence-electron chi connectivity index (χ4n) is 2.51. The Morgan fingerprint density at radius 1 is 1.44 bits per heavy atom. The number of carbonyl (C=O) groups is 2. The second-order valence-corrected chi connectivity index (χ2v) is 5.29. The topological polar surface area (TPSA) is 69.6 Å². The van der Waals surface area contributed by atoms with E-state index in [-0.39, 0.29) is 12.1 Å². The Morgan fingerprint density at radius 2 is 2.11 bits per heavy atom. The van der Waals surface area contributed by atoms with E-state index < -0.39 is 12.0 Å². The number of carboxylic acids is 1. The van der Waals surface area contributed by atoms with E-state index in [9.17, 15) is 9.59 Å². The molecule has 1 aliphatic carbocycles. The predicted molar refractivity (Wildman–Crippen MR) is 69.4 cm³/mol. The van der Waals surface area contributed by atoms with Gasteiger partial charge in [0.15, 0.2) is 0 Å². The zero-order valence-corrected chi connectivity index (χ0v) is 11.5. The smallest absolute Gasteiger partial charge is 0.326 e. The van der Waals surface area contributed by atoms with Gasteiger partial charge in [0.25, 0.3) is 0 Å². The van der Waals surface area contributed by atoms with E-state index >= 15 is 0 Å². The first kappa shape index (κ1) is 14.8. The molecule has 0 aliphatic heterocycles. The fourth-order valence-corrected chi connectivity index (χ4v) is 2.51. The molecule has 2 N–H and O–H groups in total. The maximum absolute atomic E-state index is 12.0. The normalized spacial score (nSPS) is 25.3. The molecule has 2 amide bonds. The molecular weight excluding hydrogens is 232 g/mol. The number of carboxylic acid groups (broad SMARTS) is 1. The lowest BCUT2D eigenvalue weighted by molar-refractivity contribution is -0.139. The highest BCUT2D eigenvalue weighted by Crippen LogP contribution is 2.26. The number of carbonyl (C=O) groups excluding carboxylic acids is 1. The zero-order chi connectivity index (χ0) is 13.7. The van der Waals surface area contributed by atoms with Gasteiger partial charge in [0.2, 0.25) is 0 Å². The summed E-state index contributed by atoms with van der Waals surface area (Å²) < 4.78 is 0. The fraction of sp³-hybridized carbons (Fsp3) is 0.846. The maximum Gasteiger partial charge on any atom is 0.326 e. The van der Waals surface area contributed by atoms with E-state index in [1.165, 1.54) is 6.42 Å². The number of urea groups is 1. The number of nitrogens with one attached hydrogen (secondary N) is 1. The van der Waals surface area contributed by atoms with E-state index in [0.717, 1.165) is 19.3 Å². The molecule has 0 spiro atoms. The van der Waals surface area contributed by atoms with Gasteiger partial charge in [-0.05, 0) is 25.2 Å². The van der Waals surface area contributed by atoms with Gasteiger partial charge in [-0.3, -0.25) is 0 Å². The number of rotatable bonds is 4. The van der Waals surface area contributed by atoms with E-state index in [4.69, 9.17) is 5.11 Å². The van der Waals surface area contributed by atoms with Crippen LogP contribution in [0.3, 0.4) is 0 Å². The summed E-state index contributed by atoms with van der Waals surface area (Å²) in [7, 11) is 1.76. The van der Waals surface area contributed by atoms with Gasteiger partial charge < -0.3 is 15.3 Å². The molecule has 0 saturated heterocycles. The summed E-state index contributed by atoms with van der Waals surface area (Å²) in [6, 6.07) is -0.829. The minimum absolute atomic E-state index is 0.236. The quantitative estimate of drug-likeness (QED) is 0.809. The first-order valence-corrected chi connectivity index (χ1v) is 6.71. The molecule has 104 valence electrons. The first-order chi connectivity index (χ1) is 8.45. The van der Waals surface area contributed by atoms with Crippen molar-refractivity contribution in [2.45, 2.75) is 58.0 Å². The Balaban J connectivity index is 2.52. The molecule has 3 atom stereocenters. The van der Waals surface area contributed by atoms with E-state index in [1.54, 1.807) is 18.9 Å². The number of hydrogen-bond acceptors (Lipinski definition) is 2.